The van der Waals surface area contributed by atoms with Crippen LogP contribution >= 0.6 is 11.3 Å². The quantitative estimate of drug-likeness (QED) is 0.406. The summed E-state index contributed by atoms with van der Waals surface area (Å²) < 4.78 is 40.2. The summed E-state index contributed by atoms with van der Waals surface area (Å²) in [6.07, 6.45) is -1.73. The van der Waals surface area contributed by atoms with Crippen molar-refractivity contribution in [2.24, 2.45) is 0 Å². The maximum Gasteiger partial charge on any atom is 0.406 e. The third-order valence-corrected chi connectivity index (χ3v) is 6.00. The Kier molecular flexibility index (Phi) is 6.48. The smallest absolute Gasteiger partial charge is 0.325 e. The number of likely N-dealkylation sites (N-methyl/N-ethyl adjacent to an activating group) is 1. The van der Waals surface area contributed by atoms with Gasteiger partial charge in [0.1, 0.15) is 17.4 Å². The molecule has 0 saturated carbocycles. The van der Waals surface area contributed by atoms with Gasteiger partial charge in [-0.25, -0.2) is 9.97 Å². The zero-order valence-electron chi connectivity index (χ0n) is 18.1. The van der Waals surface area contributed by atoms with Crippen molar-refractivity contribution in [1.82, 2.24) is 19.4 Å². The highest BCUT2D eigenvalue weighted by molar-refractivity contribution is 7.21. The molecule has 1 amide bonds. The fraction of sp³-hybridized carbons (Fsp3) is 0.261. The Morgan fingerprint density at radius 2 is 1.94 bits per heavy atom. The van der Waals surface area contributed by atoms with Crippen LogP contribution in [0.2, 0.25) is 0 Å². The predicted molar refractivity (Wildman–Crippen MR) is 123 cm³/mol. The Labute approximate surface area is 192 Å². The monoisotopic (exact) mass is 473 g/mol. The predicted octanol–water partition coefficient (Wildman–Crippen LogP) is 5.10. The van der Waals surface area contributed by atoms with E-state index in [1.807, 2.05) is 31.2 Å². The number of hydrogen-bond acceptors (Lipinski definition) is 5. The first-order valence-corrected chi connectivity index (χ1v) is 11.0. The van der Waals surface area contributed by atoms with Crippen molar-refractivity contribution in [2.75, 3.05) is 18.9 Å². The Bertz CT molecular complexity index is 1260. The lowest BCUT2D eigenvalue weighted by Gasteiger charge is -2.17. The number of amides is 1. The Morgan fingerprint density at radius 1 is 1.18 bits per heavy atom. The van der Waals surface area contributed by atoms with Crippen molar-refractivity contribution in [1.29, 1.82) is 0 Å². The third kappa shape index (κ3) is 5.96. The van der Waals surface area contributed by atoms with Crippen LogP contribution < -0.4 is 5.32 Å². The van der Waals surface area contributed by atoms with E-state index in [1.165, 1.54) is 18.0 Å². The number of carbonyl (C=O) groups is 1. The zero-order valence-corrected chi connectivity index (χ0v) is 18.9. The molecule has 6 nitrogen and oxygen atoms in total. The summed E-state index contributed by atoms with van der Waals surface area (Å²) in [6.45, 7) is 1.07. The highest BCUT2D eigenvalue weighted by Crippen LogP contribution is 2.31. The second kappa shape index (κ2) is 9.32. The number of alkyl halides is 3. The molecule has 0 aliphatic heterocycles. The minimum Gasteiger partial charge on any atom is -0.325 e. The number of thiazole rings is 1. The van der Waals surface area contributed by atoms with E-state index in [0.717, 1.165) is 25.4 Å². The summed E-state index contributed by atoms with van der Waals surface area (Å²) in [6, 6.07) is 13.6. The van der Waals surface area contributed by atoms with Gasteiger partial charge in [-0.05, 0) is 55.9 Å². The van der Waals surface area contributed by atoms with Crippen molar-refractivity contribution in [2.45, 2.75) is 26.2 Å². The lowest BCUT2D eigenvalue weighted by atomic mass is 10.2. The molecule has 2 aromatic carbocycles. The van der Waals surface area contributed by atoms with Gasteiger partial charge >= 0.3 is 6.18 Å². The normalized spacial score (nSPS) is 11.9. The van der Waals surface area contributed by atoms with Crippen LogP contribution in [0.1, 0.15) is 11.4 Å². The number of anilines is 1. The fourth-order valence-electron chi connectivity index (χ4n) is 3.42. The van der Waals surface area contributed by atoms with Crippen LogP contribution in [0.4, 0.5) is 18.9 Å². The molecule has 0 aliphatic rings. The first-order chi connectivity index (χ1) is 15.7. The van der Waals surface area contributed by atoms with E-state index in [9.17, 15) is 18.0 Å². The Morgan fingerprint density at radius 3 is 2.67 bits per heavy atom. The van der Waals surface area contributed by atoms with Crippen molar-refractivity contribution in [3.8, 4) is 10.6 Å². The number of rotatable bonds is 7. The Balaban J connectivity index is 1.34. The van der Waals surface area contributed by atoms with Gasteiger partial charge < -0.3 is 9.88 Å². The first kappa shape index (κ1) is 22.9. The highest BCUT2D eigenvalue weighted by atomic mass is 32.1. The van der Waals surface area contributed by atoms with Crippen molar-refractivity contribution >= 4 is 33.1 Å². The van der Waals surface area contributed by atoms with E-state index >= 15 is 0 Å². The fourth-order valence-corrected chi connectivity index (χ4v) is 4.49. The molecular weight excluding hydrogens is 451 g/mol. The highest BCUT2D eigenvalue weighted by Gasteiger charge is 2.29. The molecule has 0 spiro atoms. The molecule has 10 heteroatoms. The van der Waals surface area contributed by atoms with Gasteiger partial charge in [-0.2, -0.15) is 13.2 Å². The van der Waals surface area contributed by atoms with Crippen LogP contribution in [0.25, 0.3) is 20.8 Å². The molecule has 0 radical (unpaired) electrons. The van der Waals surface area contributed by atoms with Gasteiger partial charge in [-0.1, -0.05) is 6.07 Å². The van der Waals surface area contributed by atoms with Gasteiger partial charge in [0.15, 0.2) is 0 Å². The first-order valence-electron chi connectivity index (χ1n) is 10.2. The zero-order chi connectivity index (χ0) is 23.6. The van der Waals surface area contributed by atoms with Gasteiger partial charge in [0.25, 0.3) is 0 Å². The minimum absolute atomic E-state index is 0.0118. The number of carbonyl (C=O) groups excluding carboxylic acids is 1. The van der Waals surface area contributed by atoms with Gasteiger partial charge in [0.05, 0.1) is 23.3 Å². The number of aryl methyl sites for hydroxylation is 1. The molecule has 33 heavy (non-hydrogen) atoms. The summed E-state index contributed by atoms with van der Waals surface area (Å²) in [5, 5.41) is 3.72. The van der Waals surface area contributed by atoms with Crippen molar-refractivity contribution in [3.05, 3.63) is 66.2 Å². The lowest BCUT2D eigenvalue weighted by molar-refractivity contribution is -0.141. The summed E-state index contributed by atoms with van der Waals surface area (Å²) in [5.74, 6) is -0.0207. The maximum absolute atomic E-state index is 12.7. The summed E-state index contributed by atoms with van der Waals surface area (Å²) in [7, 11) is 1.66. The molecule has 0 bridgehead atoms. The average molecular weight is 474 g/mol. The van der Waals surface area contributed by atoms with Gasteiger partial charge in [-0.15, -0.1) is 11.3 Å². The summed E-state index contributed by atoms with van der Waals surface area (Å²) in [5.41, 5.74) is 3.73. The van der Waals surface area contributed by atoms with Crippen LogP contribution in [-0.2, 0) is 17.9 Å². The molecule has 2 aromatic heterocycles. The van der Waals surface area contributed by atoms with Gasteiger partial charge in [-0.3, -0.25) is 9.69 Å². The van der Waals surface area contributed by atoms with E-state index < -0.39 is 12.7 Å². The van der Waals surface area contributed by atoms with E-state index in [2.05, 4.69) is 21.4 Å². The minimum atomic E-state index is -4.33. The molecule has 4 rings (SSSR count). The lowest BCUT2D eigenvalue weighted by Crippen LogP contribution is -2.31. The molecule has 0 aliphatic carbocycles. The van der Waals surface area contributed by atoms with Crippen LogP contribution in [0.15, 0.2) is 54.9 Å². The largest absolute Gasteiger partial charge is 0.406 e. The summed E-state index contributed by atoms with van der Waals surface area (Å²) in [4.78, 5) is 22.7. The molecule has 172 valence electrons. The maximum atomic E-state index is 12.7. The second-order valence-corrected chi connectivity index (χ2v) is 8.91. The molecule has 1 N–H and O–H groups in total. The van der Waals surface area contributed by atoms with E-state index in [0.29, 0.717) is 5.69 Å². The van der Waals surface area contributed by atoms with Gasteiger partial charge in [0, 0.05) is 23.6 Å². The van der Waals surface area contributed by atoms with Crippen LogP contribution in [-0.4, -0.2) is 45.1 Å². The number of nitrogens with zero attached hydrogens (tertiary/aromatic N) is 4. The number of imidazole rings is 1. The molecule has 0 saturated heterocycles. The van der Waals surface area contributed by atoms with E-state index in [-0.39, 0.29) is 24.8 Å². The standard InChI is InChI=1S/C23H22F3N5OS/c1-15-3-8-18-19(11-15)33-22(29-18)16-4-6-17(7-5-16)28-21(32)13-30(2)12-20-27-9-10-31(20)14-23(24,25)26/h3-11H,12-14H2,1-2H3,(H,28,32). The molecule has 4 aromatic rings. The molecular formula is C23H22F3N5OS. The molecule has 0 atom stereocenters. The van der Waals surface area contributed by atoms with Crippen LogP contribution in [0, 0.1) is 6.92 Å². The number of fused-ring (bicyclic) bond motifs is 1. The molecule has 0 fully saturated rings. The van der Waals surface area contributed by atoms with Crippen molar-refractivity contribution < 1.29 is 18.0 Å². The van der Waals surface area contributed by atoms with Crippen LogP contribution in [0.3, 0.4) is 0 Å². The average Bonchev–Trinajstić information content (AvgIpc) is 3.33. The van der Waals surface area contributed by atoms with E-state index in [4.69, 9.17) is 0 Å². The number of nitrogens with one attached hydrogen (secondary N) is 1. The van der Waals surface area contributed by atoms with Crippen LogP contribution in [0.5, 0.6) is 0 Å². The SMILES string of the molecule is Cc1ccc2nc(-c3ccc(NC(=O)CN(C)Cc4nccn4CC(F)(F)F)cc3)sc2c1. The number of benzene rings is 2. The number of hydrogen-bond donors (Lipinski definition) is 1. The number of halogens is 3. The second-order valence-electron chi connectivity index (χ2n) is 7.87. The molecule has 2 heterocycles. The van der Waals surface area contributed by atoms with E-state index in [1.54, 1.807) is 35.4 Å². The summed E-state index contributed by atoms with van der Waals surface area (Å²) >= 11 is 1.62. The number of aromatic nitrogens is 3. The topological polar surface area (TPSA) is 63.1 Å². The third-order valence-electron chi connectivity index (χ3n) is 4.94. The van der Waals surface area contributed by atoms with Crippen molar-refractivity contribution in [3.63, 3.8) is 0 Å². The van der Waals surface area contributed by atoms with Gasteiger partial charge in [0.2, 0.25) is 5.91 Å². The molecule has 0 unspecified atom stereocenters. The Hall–Kier alpha value is -3.24.